The van der Waals surface area contributed by atoms with Gasteiger partial charge in [-0.1, -0.05) is 30.5 Å². The maximum absolute atomic E-state index is 14.5. The highest BCUT2D eigenvalue weighted by Crippen LogP contribution is 2.45. The van der Waals surface area contributed by atoms with E-state index < -0.39 is 5.54 Å². The molecule has 23 heavy (non-hydrogen) atoms. The lowest BCUT2D eigenvalue weighted by molar-refractivity contribution is -0.0775. The first-order valence-corrected chi connectivity index (χ1v) is 8.87. The van der Waals surface area contributed by atoms with Crippen LogP contribution in [0, 0.1) is 5.92 Å². The Hall–Kier alpha value is -1.11. The number of ether oxygens (including phenoxy) is 2. The first kappa shape index (κ1) is 18.2. The van der Waals surface area contributed by atoms with E-state index in [1.165, 1.54) is 17.8 Å². The van der Waals surface area contributed by atoms with Gasteiger partial charge in [-0.25, -0.2) is 9.38 Å². The SMILES string of the molecule is C=C(/C(F)=C\C=C/C)[C@]12CO[C@@H](COCC)C[C@H]1CSC(N)=N2. The van der Waals surface area contributed by atoms with Gasteiger partial charge in [0.1, 0.15) is 11.4 Å². The Bertz CT molecular complexity index is 533. The maximum atomic E-state index is 14.5. The van der Waals surface area contributed by atoms with E-state index in [0.717, 1.165) is 12.2 Å². The Kier molecular flexibility index (Phi) is 6.44. The molecule has 2 rings (SSSR count). The van der Waals surface area contributed by atoms with Gasteiger partial charge in [-0.15, -0.1) is 0 Å². The van der Waals surface area contributed by atoms with Crippen LogP contribution >= 0.6 is 11.8 Å². The average Bonchev–Trinajstić information content (AvgIpc) is 2.56. The summed E-state index contributed by atoms with van der Waals surface area (Å²) in [6.07, 6.45) is 5.61. The molecule has 6 heteroatoms. The van der Waals surface area contributed by atoms with Crippen molar-refractivity contribution in [2.45, 2.75) is 31.9 Å². The quantitative estimate of drug-likeness (QED) is 0.754. The van der Waals surface area contributed by atoms with Crippen LogP contribution in [0.4, 0.5) is 4.39 Å². The standard InChI is InChI=1S/C17H25FN2O2S/c1-4-6-7-15(18)12(3)17-11-22-14(9-21-5-2)8-13(17)10-23-16(19)20-17/h4,6-7,13-14H,3,5,8-11H2,1-2H3,(H2,19,20)/b6-4-,15-7+/t13-,14+,17+/m0/s1. The summed E-state index contributed by atoms with van der Waals surface area (Å²) in [6, 6.07) is 0. The summed E-state index contributed by atoms with van der Waals surface area (Å²) < 4.78 is 25.8. The fourth-order valence-corrected chi connectivity index (χ4v) is 3.95. The number of nitrogens with zero attached hydrogens (tertiary/aromatic N) is 1. The van der Waals surface area contributed by atoms with Gasteiger partial charge in [0, 0.05) is 23.9 Å². The number of hydrogen-bond acceptors (Lipinski definition) is 5. The largest absolute Gasteiger partial charge is 0.379 e. The van der Waals surface area contributed by atoms with Gasteiger partial charge >= 0.3 is 0 Å². The number of fused-ring (bicyclic) bond motifs is 1. The molecule has 0 aromatic carbocycles. The van der Waals surface area contributed by atoms with Crippen LogP contribution in [0.25, 0.3) is 0 Å². The molecule has 0 saturated carbocycles. The molecule has 0 aliphatic carbocycles. The van der Waals surface area contributed by atoms with E-state index in [1.807, 2.05) is 13.8 Å². The van der Waals surface area contributed by atoms with Gasteiger partial charge in [0.2, 0.25) is 0 Å². The molecule has 3 atom stereocenters. The molecular weight excluding hydrogens is 315 g/mol. The molecule has 2 heterocycles. The van der Waals surface area contributed by atoms with Crippen molar-refractivity contribution in [2.24, 2.45) is 16.6 Å². The highest BCUT2D eigenvalue weighted by molar-refractivity contribution is 8.13. The number of allylic oxidation sites excluding steroid dienone is 3. The molecule has 0 bridgehead atoms. The zero-order chi connectivity index (χ0) is 16.9. The molecule has 0 aromatic rings. The zero-order valence-corrected chi connectivity index (χ0v) is 14.6. The predicted octanol–water partition coefficient (Wildman–Crippen LogP) is 3.21. The topological polar surface area (TPSA) is 56.8 Å². The minimum Gasteiger partial charge on any atom is -0.379 e. The molecule has 128 valence electrons. The lowest BCUT2D eigenvalue weighted by Gasteiger charge is -2.46. The van der Waals surface area contributed by atoms with E-state index in [9.17, 15) is 4.39 Å². The summed E-state index contributed by atoms with van der Waals surface area (Å²) in [6.45, 7) is 9.25. The number of aliphatic imine (C=N–C) groups is 1. The third kappa shape index (κ3) is 4.05. The van der Waals surface area contributed by atoms with Gasteiger partial charge < -0.3 is 15.2 Å². The zero-order valence-electron chi connectivity index (χ0n) is 13.8. The maximum Gasteiger partial charge on any atom is 0.154 e. The van der Waals surface area contributed by atoms with Gasteiger partial charge in [-0.2, -0.15) is 0 Å². The van der Waals surface area contributed by atoms with E-state index in [1.54, 1.807) is 12.2 Å². The van der Waals surface area contributed by atoms with E-state index in [4.69, 9.17) is 15.2 Å². The van der Waals surface area contributed by atoms with Crippen LogP contribution in [0.5, 0.6) is 0 Å². The molecule has 1 fully saturated rings. The third-order valence-corrected chi connectivity index (χ3v) is 5.21. The van der Waals surface area contributed by atoms with Crippen molar-refractivity contribution < 1.29 is 13.9 Å². The number of nitrogens with two attached hydrogens (primary N) is 1. The summed E-state index contributed by atoms with van der Waals surface area (Å²) in [5.74, 6) is 0.553. The van der Waals surface area contributed by atoms with Crippen molar-refractivity contribution in [3.8, 4) is 0 Å². The highest BCUT2D eigenvalue weighted by Gasteiger charge is 2.49. The molecular formula is C17H25FN2O2S. The van der Waals surface area contributed by atoms with Crippen LogP contribution in [0.15, 0.2) is 41.2 Å². The average molecular weight is 340 g/mol. The first-order chi connectivity index (χ1) is 11.0. The smallest absolute Gasteiger partial charge is 0.154 e. The predicted molar refractivity (Wildman–Crippen MR) is 94.3 cm³/mol. The molecule has 2 aliphatic heterocycles. The molecule has 0 amide bonds. The molecule has 2 N–H and O–H groups in total. The monoisotopic (exact) mass is 340 g/mol. The number of thioether (sulfide) groups is 1. The Morgan fingerprint density at radius 2 is 2.43 bits per heavy atom. The normalized spacial score (nSPS) is 31.8. The van der Waals surface area contributed by atoms with E-state index in [2.05, 4.69) is 11.6 Å². The van der Waals surface area contributed by atoms with Crippen molar-refractivity contribution in [1.29, 1.82) is 0 Å². The summed E-state index contributed by atoms with van der Waals surface area (Å²) in [5, 5.41) is 0.466. The number of hydrogen-bond donors (Lipinski definition) is 1. The van der Waals surface area contributed by atoms with Crippen LogP contribution < -0.4 is 5.73 Å². The van der Waals surface area contributed by atoms with Crippen LogP contribution in [0.2, 0.25) is 0 Å². The number of rotatable bonds is 6. The fraction of sp³-hybridized carbons (Fsp3) is 0.588. The molecule has 0 unspecified atom stereocenters. The Morgan fingerprint density at radius 1 is 1.65 bits per heavy atom. The van der Waals surface area contributed by atoms with Crippen molar-refractivity contribution in [1.82, 2.24) is 0 Å². The number of halogens is 1. The van der Waals surface area contributed by atoms with Gasteiger partial charge in [-0.05, 0) is 26.3 Å². The van der Waals surface area contributed by atoms with E-state index >= 15 is 0 Å². The van der Waals surface area contributed by atoms with Crippen molar-refractivity contribution in [3.05, 3.63) is 36.2 Å². The lowest BCUT2D eigenvalue weighted by Crippen LogP contribution is -2.54. The van der Waals surface area contributed by atoms with Crippen LogP contribution in [0.1, 0.15) is 20.3 Å². The van der Waals surface area contributed by atoms with Gasteiger partial charge in [-0.3, -0.25) is 0 Å². The molecule has 2 aliphatic rings. The Balaban J connectivity index is 2.24. The van der Waals surface area contributed by atoms with Crippen LogP contribution in [-0.2, 0) is 9.47 Å². The van der Waals surface area contributed by atoms with Gasteiger partial charge in [0.15, 0.2) is 5.17 Å². The van der Waals surface area contributed by atoms with E-state index in [0.29, 0.717) is 24.0 Å². The summed E-state index contributed by atoms with van der Waals surface area (Å²) in [5.41, 5.74) is 5.46. The Morgan fingerprint density at radius 3 is 3.13 bits per heavy atom. The third-order valence-electron chi connectivity index (χ3n) is 4.26. The van der Waals surface area contributed by atoms with Crippen LogP contribution in [-0.4, -0.2) is 42.4 Å². The highest BCUT2D eigenvalue weighted by atomic mass is 32.2. The minimum absolute atomic E-state index is 0.0126. The van der Waals surface area contributed by atoms with Crippen LogP contribution in [0.3, 0.4) is 0 Å². The van der Waals surface area contributed by atoms with Crippen molar-refractivity contribution >= 4 is 16.9 Å². The number of amidine groups is 1. The lowest BCUT2D eigenvalue weighted by atomic mass is 9.75. The summed E-state index contributed by atoms with van der Waals surface area (Å²) >= 11 is 1.51. The molecule has 0 spiro atoms. The second-order valence-corrected chi connectivity index (χ2v) is 6.77. The second-order valence-electron chi connectivity index (χ2n) is 5.73. The molecule has 4 nitrogen and oxygen atoms in total. The van der Waals surface area contributed by atoms with E-state index in [-0.39, 0.29) is 24.5 Å². The second kappa shape index (κ2) is 8.13. The van der Waals surface area contributed by atoms with Gasteiger partial charge in [0.05, 0.1) is 19.3 Å². The summed E-state index contributed by atoms with van der Waals surface area (Å²) in [7, 11) is 0. The molecule has 1 saturated heterocycles. The Labute approximate surface area is 141 Å². The molecule has 0 radical (unpaired) electrons. The fourth-order valence-electron chi connectivity index (χ4n) is 2.94. The molecule has 0 aromatic heterocycles. The van der Waals surface area contributed by atoms with Crippen molar-refractivity contribution in [2.75, 3.05) is 25.6 Å². The van der Waals surface area contributed by atoms with Crippen molar-refractivity contribution in [3.63, 3.8) is 0 Å². The minimum atomic E-state index is -0.805. The van der Waals surface area contributed by atoms with Gasteiger partial charge in [0.25, 0.3) is 0 Å². The first-order valence-electron chi connectivity index (χ1n) is 7.89. The summed E-state index contributed by atoms with van der Waals surface area (Å²) in [4.78, 5) is 4.57.